The number of amides is 7. The van der Waals surface area contributed by atoms with Crippen LogP contribution >= 0.6 is 0 Å². The van der Waals surface area contributed by atoms with Gasteiger partial charge in [-0.15, -0.1) is 0 Å². The molecule has 0 aliphatic carbocycles. The molecule has 0 radical (unpaired) electrons. The van der Waals surface area contributed by atoms with Crippen molar-refractivity contribution in [3.63, 3.8) is 0 Å². The van der Waals surface area contributed by atoms with E-state index in [4.69, 9.17) is 4.74 Å². The number of nitrogens with one attached hydrogen (secondary N) is 5. The maximum Gasteiger partial charge on any atom is 0.251 e. The lowest BCUT2D eigenvalue weighted by molar-refractivity contribution is -0.148. The number of aliphatic hydroxyl groups excluding tert-OH is 8. The van der Waals surface area contributed by atoms with Gasteiger partial charge in [0.1, 0.15) is 66.1 Å². The molecule has 0 aromatic heterocycles. The number of ether oxygens (including phenoxy) is 1. The quantitative estimate of drug-likeness (QED) is 0.0690. The normalized spacial score (nSPS) is 27.6. The Labute approximate surface area is 442 Å². The molecule has 25 heteroatoms. The Morgan fingerprint density at radius 3 is 2.09 bits per heavy atom. The first-order chi connectivity index (χ1) is 36.6. The second kappa shape index (κ2) is 26.8. The Bertz CT molecular complexity index is 2640. The lowest BCUT2D eigenvalue weighted by Gasteiger charge is -2.34. The highest BCUT2D eigenvalue weighted by Crippen LogP contribution is 2.27. The number of fused-ring (bicyclic) bond motifs is 3. The number of phenols is 1. The summed E-state index contributed by atoms with van der Waals surface area (Å²) < 4.78 is 5.92. The molecule has 7 amide bonds. The highest BCUT2D eigenvalue weighted by atomic mass is 16.5. The molecule has 0 bridgehead atoms. The van der Waals surface area contributed by atoms with Crippen LogP contribution in [0.4, 0.5) is 0 Å². The van der Waals surface area contributed by atoms with E-state index in [1.807, 2.05) is 0 Å². The molecule has 0 unspecified atom stereocenters. The highest BCUT2D eigenvalue weighted by Gasteiger charge is 2.49. The number of carbonyl (C=O) groups excluding carboxylic acids is 7. The Hall–Kier alpha value is -7.02. The number of nitriles is 1. The lowest BCUT2D eigenvalue weighted by Crippen LogP contribution is -2.64. The van der Waals surface area contributed by atoms with Crippen molar-refractivity contribution in [2.24, 2.45) is 0 Å². The number of nitrogens with zero attached hydrogens (tertiary/aromatic N) is 3. The summed E-state index contributed by atoms with van der Waals surface area (Å²) in [5.41, 5.74) is -0.101. The molecule has 3 saturated heterocycles. The molecule has 3 aromatic carbocycles. The van der Waals surface area contributed by atoms with Gasteiger partial charge >= 0.3 is 0 Å². The molecular weight excluding hydrogens is 1010 g/mol. The standard InChI is InChI=1S/C52H68N8O17/c1-3-4-5-6-7-20-77-33-15-12-28-21-30(9-8-29(28)22-33)45(69)54-34-24-38(66)48(72)58-50(74)42-37(65)17-19-59(42)52(76)40(36(64)16-18-53)56-49(73)41(44(68)43(67)27-10-13-31(62)14-11-27)57-47(71)35-23-32(63)25-60(35)51(75)39(26(2)61)55-46(34)70/h8-15,21-22,26,32,34-44,48,61-68,72H,3-7,16-17,19-20,23-25H2,1-2H3,(H,54,69)(H,55,70)(H,56,73)(H,57,71)(H,58,74)/t26-,32+,34-,35-,36+,37-,38+,39-,40-,41-,42-,43-,44-,48+/m0/s1. The van der Waals surface area contributed by atoms with E-state index < -0.39 is 159 Å². The number of hydrogen-bond donors (Lipinski definition) is 14. The van der Waals surface area contributed by atoms with Gasteiger partial charge in [-0.25, -0.2) is 0 Å². The van der Waals surface area contributed by atoms with Gasteiger partial charge in [0.15, 0.2) is 6.23 Å². The largest absolute Gasteiger partial charge is 0.508 e. The average molecular weight is 1080 g/mol. The van der Waals surface area contributed by atoms with E-state index in [-0.39, 0.29) is 23.3 Å². The minimum Gasteiger partial charge on any atom is -0.508 e. The second-order valence-corrected chi connectivity index (χ2v) is 19.7. The van der Waals surface area contributed by atoms with Crippen molar-refractivity contribution in [2.45, 2.75) is 157 Å². The van der Waals surface area contributed by atoms with Gasteiger partial charge in [-0.05, 0) is 72.5 Å². The van der Waals surface area contributed by atoms with Crippen LogP contribution in [-0.2, 0) is 28.8 Å². The summed E-state index contributed by atoms with van der Waals surface area (Å²) in [6.45, 7) is 2.69. The number of unbranched alkanes of at least 4 members (excludes halogenated alkanes) is 4. The first-order valence-electron chi connectivity index (χ1n) is 25.5. The maximum absolute atomic E-state index is 14.4. The lowest BCUT2D eigenvalue weighted by atomic mass is 9.96. The van der Waals surface area contributed by atoms with E-state index in [1.165, 1.54) is 24.3 Å². The van der Waals surface area contributed by atoms with Crippen molar-refractivity contribution in [3.8, 4) is 17.6 Å². The minimum absolute atomic E-state index is 0.00815. The number of carbonyl (C=O) groups is 7. The zero-order valence-corrected chi connectivity index (χ0v) is 42.5. The van der Waals surface area contributed by atoms with Crippen LogP contribution in [-0.4, -0.2) is 196 Å². The topological polar surface area (TPSA) is 401 Å². The van der Waals surface area contributed by atoms with Crippen LogP contribution in [0.1, 0.15) is 93.7 Å². The van der Waals surface area contributed by atoms with Crippen LogP contribution < -0.4 is 31.3 Å². The molecule has 0 saturated carbocycles. The summed E-state index contributed by atoms with van der Waals surface area (Å²) >= 11 is 0. The predicted molar refractivity (Wildman–Crippen MR) is 269 cm³/mol. The zero-order chi connectivity index (χ0) is 56.2. The summed E-state index contributed by atoms with van der Waals surface area (Å²) in [6.07, 6.45) is -13.2. The molecule has 14 atom stereocenters. The third-order valence-electron chi connectivity index (χ3n) is 13.9. The monoisotopic (exact) mass is 1080 g/mol. The summed E-state index contributed by atoms with van der Waals surface area (Å²) in [7, 11) is 0. The number of aromatic hydroxyl groups is 1. The highest BCUT2D eigenvalue weighted by molar-refractivity contribution is 6.02. The van der Waals surface area contributed by atoms with Gasteiger partial charge in [-0.1, -0.05) is 56.9 Å². The first-order valence-corrected chi connectivity index (χ1v) is 25.5. The van der Waals surface area contributed by atoms with Gasteiger partial charge in [0.2, 0.25) is 35.4 Å². The number of hydrogen-bond acceptors (Lipinski definition) is 18. The number of rotatable bonds is 15. The van der Waals surface area contributed by atoms with Crippen LogP contribution in [0.2, 0.25) is 0 Å². The molecule has 3 heterocycles. The fourth-order valence-electron chi connectivity index (χ4n) is 9.55. The number of aliphatic hydroxyl groups is 8. The molecular formula is C52H68N8O17. The average Bonchev–Trinajstić information content (AvgIpc) is 4.01. The third-order valence-corrected chi connectivity index (χ3v) is 13.9. The zero-order valence-electron chi connectivity index (χ0n) is 42.5. The van der Waals surface area contributed by atoms with Gasteiger partial charge in [0.05, 0.1) is 43.5 Å². The second-order valence-electron chi connectivity index (χ2n) is 19.7. The number of benzene rings is 3. The molecule has 3 fully saturated rings. The molecule has 3 aliphatic rings. The fourth-order valence-corrected chi connectivity index (χ4v) is 9.55. The van der Waals surface area contributed by atoms with E-state index in [0.29, 0.717) is 28.0 Å². The molecule has 3 aromatic rings. The van der Waals surface area contributed by atoms with Crippen LogP contribution in [0.5, 0.6) is 11.5 Å². The van der Waals surface area contributed by atoms with Gasteiger partial charge in [0, 0.05) is 31.5 Å². The molecule has 418 valence electrons. The Kier molecular flexibility index (Phi) is 20.6. The Balaban J connectivity index is 1.36. The Morgan fingerprint density at radius 1 is 0.753 bits per heavy atom. The van der Waals surface area contributed by atoms with Crippen molar-refractivity contribution < 1.29 is 84.3 Å². The van der Waals surface area contributed by atoms with E-state index in [2.05, 4.69) is 33.5 Å². The van der Waals surface area contributed by atoms with Gasteiger partial charge in [0.25, 0.3) is 5.91 Å². The van der Waals surface area contributed by atoms with Crippen LogP contribution in [0.15, 0.2) is 60.7 Å². The molecule has 14 N–H and O–H groups in total. The molecule has 3 aliphatic heterocycles. The summed E-state index contributed by atoms with van der Waals surface area (Å²) in [6, 6.07) is 4.02. The van der Waals surface area contributed by atoms with Gasteiger partial charge in [-0.2, -0.15) is 5.26 Å². The molecule has 25 nitrogen and oxygen atoms in total. The Morgan fingerprint density at radius 2 is 1.40 bits per heavy atom. The van der Waals surface area contributed by atoms with Crippen LogP contribution in [0.25, 0.3) is 10.8 Å². The van der Waals surface area contributed by atoms with Gasteiger partial charge in [-0.3, -0.25) is 33.6 Å². The van der Waals surface area contributed by atoms with Crippen molar-refractivity contribution in [3.05, 3.63) is 71.8 Å². The number of phenolic OH excluding ortho intramolecular Hbond substituents is 1. The van der Waals surface area contributed by atoms with Crippen molar-refractivity contribution in [1.29, 1.82) is 5.26 Å². The molecule has 0 spiro atoms. The van der Waals surface area contributed by atoms with E-state index in [0.717, 1.165) is 56.1 Å². The van der Waals surface area contributed by atoms with Crippen LogP contribution in [0, 0.1) is 11.3 Å². The van der Waals surface area contributed by atoms with E-state index in [9.17, 15) is 84.8 Å². The smallest absolute Gasteiger partial charge is 0.251 e. The van der Waals surface area contributed by atoms with Crippen molar-refractivity contribution in [1.82, 2.24) is 36.4 Å². The molecule has 77 heavy (non-hydrogen) atoms. The first kappa shape index (κ1) is 59.2. The van der Waals surface area contributed by atoms with Crippen LogP contribution in [0.3, 0.4) is 0 Å². The fraction of sp³-hybridized carbons (Fsp3) is 0.538. The minimum atomic E-state index is -2.35. The summed E-state index contributed by atoms with van der Waals surface area (Å²) in [5, 5.41) is 122. The molecule has 6 rings (SSSR count). The third kappa shape index (κ3) is 14.7. The van der Waals surface area contributed by atoms with E-state index in [1.54, 1.807) is 30.3 Å². The van der Waals surface area contributed by atoms with Crippen molar-refractivity contribution in [2.75, 3.05) is 19.7 Å². The summed E-state index contributed by atoms with van der Waals surface area (Å²) in [4.78, 5) is 101. The van der Waals surface area contributed by atoms with E-state index >= 15 is 0 Å². The SMILES string of the molecule is CCCCCCCOc1ccc2cc(C(=O)N[C@H]3C[C@@H](O)[C@@H](O)NC(=O)[C@@H]4[C@@H](O)CCN4C(=O)[C@H]([C@H](O)CC#N)NC(=O)[C@H]([C@H](O)[C@@H](O)c4ccc(O)cc4)NC(=O)[C@@H]4C[C@@H](O)CN4C(=O)[C@H]([C@H](C)O)NC3=O)ccc2c1. The summed E-state index contributed by atoms with van der Waals surface area (Å²) in [5.74, 6) is -8.35. The van der Waals surface area contributed by atoms with Gasteiger partial charge < -0.3 is 87.1 Å². The predicted octanol–water partition coefficient (Wildman–Crippen LogP) is -2.68. The van der Waals surface area contributed by atoms with Crippen molar-refractivity contribution >= 4 is 52.1 Å². The maximum atomic E-state index is 14.4.